The molecule has 6 heteroatoms. The molecular weight excluding hydrogens is 276 g/mol. The molecule has 0 spiro atoms. The van der Waals surface area contributed by atoms with Crippen molar-refractivity contribution < 1.29 is 14.3 Å². The van der Waals surface area contributed by atoms with Gasteiger partial charge in [0.15, 0.2) is 0 Å². The highest BCUT2D eigenvalue weighted by molar-refractivity contribution is 7.10. The predicted octanol–water partition coefficient (Wildman–Crippen LogP) is 1.56. The summed E-state index contributed by atoms with van der Waals surface area (Å²) in [7, 11) is 0. The lowest BCUT2D eigenvalue weighted by atomic mass is 10.1. The highest BCUT2D eigenvalue weighted by atomic mass is 32.1. The van der Waals surface area contributed by atoms with E-state index in [2.05, 4.69) is 5.32 Å². The number of ether oxygens (including phenoxy) is 1. The van der Waals surface area contributed by atoms with Gasteiger partial charge in [-0.3, -0.25) is 9.59 Å². The number of carbonyl (C=O) groups is 2. The van der Waals surface area contributed by atoms with Crippen molar-refractivity contribution in [2.24, 2.45) is 0 Å². The second kappa shape index (κ2) is 6.85. The number of thiophene rings is 1. The minimum atomic E-state index is -0.238. The van der Waals surface area contributed by atoms with Crippen LogP contribution in [0.1, 0.15) is 31.2 Å². The van der Waals surface area contributed by atoms with Crippen molar-refractivity contribution in [2.75, 3.05) is 19.7 Å². The summed E-state index contributed by atoms with van der Waals surface area (Å²) < 4.78 is 5.44. The SMILES string of the molecule is CC(=O)N[C@H](CC(=O)N1CCO[C@H](C)C1)c1cccs1. The van der Waals surface area contributed by atoms with Crippen LogP contribution in [-0.4, -0.2) is 42.5 Å². The second-order valence-electron chi connectivity index (χ2n) is 4.99. The summed E-state index contributed by atoms with van der Waals surface area (Å²) in [5.74, 6) is -0.0566. The molecule has 0 aliphatic carbocycles. The van der Waals surface area contributed by atoms with E-state index in [4.69, 9.17) is 4.74 Å². The second-order valence-corrected chi connectivity index (χ2v) is 5.97. The highest BCUT2D eigenvalue weighted by Gasteiger charge is 2.25. The standard InChI is InChI=1S/C14H20N2O3S/c1-10-9-16(5-6-19-10)14(18)8-12(15-11(2)17)13-4-3-7-20-13/h3-4,7,10,12H,5-6,8-9H2,1-2H3,(H,15,17)/t10-,12-/m1/s1. The van der Waals surface area contributed by atoms with Gasteiger partial charge in [-0.25, -0.2) is 0 Å². The van der Waals surface area contributed by atoms with Gasteiger partial charge in [0, 0.05) is 24.9 Å². The van der Waals surface area contributed by atoms with Crippen molar-refractivity contribution >= 4 is 23.2 Å². The first kappa shape index (κ1) is 15.0. The van der Waals surface area contributed by atoms with Gasteiger partial charge in [0.25, 0.3) is 0 Å². The molecule has 1 aliphatic rings. The van der Waals surface area contributed by atoms with Crippen LogP contribution in [0.5, 0.6) is 0 Å². The Balaban J connectivity index is 2.00. The number of morpholine rings is 1. The first-order valence-electron chi connectivity index (χ1n) is 6.76. The molecule has 1 fully saturated rings. The molecule has 2 heterocycles. The van der Waals surface area contributed by atoms with Crippen molar-refractivity contribution in [1.29, 1.82) is 0 Å². The molecule has 0 aromatic carbocycles. The van der Waals surface area contributed by atoms with Crippen LogP contribution < -0.4 is 5.32 Å². The Hall–Kier alpha value is -1.40. The summed E-state index contributed by atoms with van der Waals surface area (Å²) >= 11 is 1.55. The number of hydrogen-bond acceptors (Lipinski definition) is 4. The van der Waals surface area contributed by atoms with Crippen LogP contribution in [0.15, 0.2) is 17.5 Å². The summed E-state index contributed by atoms with van der Waals surface area (Å²) in [6.07, 6.45) is 0.376. The number of carbonyl (C=O) groups excluding carboxylic acids is 2. The van der Waals surface area contributed by atoms with E-state index in [0.29, 0.717) is 26.1 Å². The van der Waals surface area contributed by atoms with Gasteiger partial charge in [0.05, 0.1) is 25.2 Å². The van der Waals surface area contributed by atoms with Gasteiger partial charge in [-0.15, -0.1) is 11.3 Å². The molecule has 20 heavy (non-hydrogen) atoms. The van der Waals surface area contributed by atoms with Crippen molar-refractivity contribution in [3.63, 3.8) is 0 Å². The van der Waals surface area contributed by atoms with E-state index >= 15 is 0 Å². The summed E-state index contributed by atoms with van der Waals surface area (Å²) in [5, 5.41) is 4.81. The van der Waals surface area contributed by atoms with Gasteiger partial charge in [0.1, 0.15) is 0 Å². The molecule has 0 unspecified atom stereocenters. The topological polar surface area (TPSA) is 58.6 Å². The summed E-state index contributed by atoms with van der Waals surface area (Å²) in [4.78, 5) is 26.5. The Morgan fingerprint density at radius 3 is 3.00 bits per heavy atom. The smallest absolute Gasteiger partial charge is 0.225 e. The van der Waals surface area contributed by atoms with E-state index in [1.807, 2.05) is 29.3 Å². The van der Waals surface area contributed by atoms with Crippen LogP contribution in [0, 0.1) is 0 Å². The van der Waals surface area contributed by atoms with Gasteiger partial charge in [-0.1, -0.05) is 6.07 Å². The fourth-order valence-corrected chi connectivity index (χ4v) is 3.08. The maximum Gasteiger partial charge on any atom is 0.225 e. The predicted molar refractivity (Wildman–Crippen MR) is 77.5 cm³/mol. The largest absolute Gasteiger partial charge is 0.375 e. The maximum atomic E-state index is 12.4. The lowest BCUT2D eigenvalue weighted by molar-refractivity contribution is -0.138. The molecule has 1 aliphatic heterocycles. The monoisotopic (exact) mass is 296 g/mol. The van der Waals surface area contributed by atoms with E-state index in [1.165, 1.54) is 6.92 Å². The minimum Gasteiger partial charge on any atom is -0.375 e. The van der Waals surface area contributed by atoms with E-state index in [1.54, 1.807) is 11.3 Å². The molecule has 1 N–H and O–H groups in total. The number of nitrogens with one attached hydrogen (secondary N) is 1. The third-order valence-electron chi connectivity index (χ3n) is 3.24. The molecule has 0 radical (unpaired) electrons. The van der Waals surface area contributed by atoms with Gasteiger partial charge >= 0.3 is 0 Å². The van der Waals surface area contributed by atoms with Crippen LogP contribution in [0.4, 0.5) is 0 Å². The molecule has 1 saturated heterocycles. The van der Waals surface area contributed by atoms with E-state index in [9.17, 15) is 9.59 Å². The van der Waals surface area contributed by atoms with Crippen molar-refractivity contribution in [1.82, 2.24) is 10.2 Å². The van der Waals surface area contributed by atoms with Crippen LogP contribution in [-0.2, 0) is 14.3 Å². The van der Waals surface area contributed by atoms with Crippen molar-refractivity contribution in [2.45, 2.75) is 32.4 Å². The quantitative estimate of drug-likeness (QED) is 0.917. The van der Waals surface area contributed by atoms with Crippen LogP contribution >= 0.6 is 11.3 Å². The molecule has 0 saturated carbocycles. The molecule has 2 atom stereocenters. The zero-order chi connectivity index (χ0) is 14.5. The lowest BCUT2D eigenvalue weighted by Gasteiger charge is -2.32. The average Bonchev–Trinajstić information content (AvgIpc) is 2.91. The van der Waals surface area contributed by atoms with Gasteiger partial charge < -0.3 is 15.0 Å². The average molecular weight is 296 g/mol. The van der Waals surface area contributed by atoms with E-state index in [-0.39, 0.29) is 24.0 Å². The number of amides is 2. The molecule has 0 bridgehead atoms. The third-order valence-corrected chi connectivity index (χ3v) is 4.22. The maximum absolute atomic E-state index is 12.4. The molecule has 2 amide bonds. The Kier molecular flexibility index (Phi) is 5.14. The van der Waals surface area contributed by atoms with Crippen molar-refractivity contribution in [3.05, 3.63) is 22.4 Å². The minimum absolute atomic E-state index is 0.0623. The van der Waals surface area contributed by atoms with Gasteiger partial charge in [-0.2, -0.15) is 0 Å². The molecule has 2 rings (SSSR count). The number of hydrogen-bond donors (Lipinski definition) is 1. The van der Waals surface area contributed by atoms with Crippen molar-refractivity contribution in [3.8, 4) is 0 Å². The Morgan fingerprint density at radius 1 is 1.60 bits per heavy atom. The summed E-state index contributed by atoms with van der Waals surface area (Å²) in [6.45, 7) is 5.26. The third kappa shape index (κ3) is 4.05. The van der Waals surface area contributed by atoms with Gasteiger partial charge in [-0.05, 0) is 18.4 Å². The Bertz CT molecular complexity index is 461. The van der Waals surface area contributed by atoms with Crippen LogP contribution in [0.25, 0.3) is 0 Å². The van der Waals surface area contributed by atoms with E-state index < -0.39 is 0 Å². The Morgan fingerprint density at radius 2 is 2.40 bits per heavy atom. The highest BCUT2D eigenvalue weighted by Crippen LogP contribution is 2.23. The zero-order valence-electron chi connectivity index (χ0n) is 11.8. The normalized spacial score (nSPS) is 20.5. The Labute approximate surface area is 122 Å². The fraction of sp³-hybridized carbons (Fsp3) is 0.571. The van der Waals surface area contributed by atoms with E-state index in [0.717, 1.165) is 4.88 Å². The first-order valence-corrected chi connectivity index (χ1v) is 7.64. The summed E-state index contributed by atoms with van der Waals surface area (Å²) in [6, 6.07) is 3.63. The lowest BCUT2D eigenvalue weighted by Crippen LogP contribution is -2.45. The zero-order valence-corrected chi connectivity index (χ0v) is 12.6. The molecule has 5 nitrogen and oxygen atoms in total. The molecule has 1 aromatic rings. The number of nitrogens with zero attached hydrogens (tertiary/aromatic N) is 1. The fourth-order valence-electron chi connectivity index (χ4n) is 2.31. The summed E-state index contributed by atoms with van der Waals surface area (Å²) in [5.41, 5.74) is 0. The van der Waals surface area contributed by atoms with Gasteiger partial charge in [0.2, 0.25) is 11.8 Å². The molecule has 110 valence electrons. The first-order chi connectivity index (χ1) is 9.56. The number of rotatable bonds is 4. The van der Waals surface area contributed by atoms with Crippen LogP contribution in [0.2, 0.25) is 0 Å². The molecular formula is C14H20N2O3S. The molecule has 1 aromatic heterocycles. The van der Waals surface area contributed by atoms with Crippen LogP contribution in [0.3, 0.4) is 0 Å².